The molecule has 4 N–H and O–H groups in total. The molecule has 6 heteroatoms. The molecule has 0 rings (SSSR count). The van der Waals surface area contributed by atoms with Crippen molar-refractivity contribution in [3.8, 4) is 0 Å². The minimum absolute atomic E-state index is 0. The minimum Gasteiger partial charge on any atom is -0.481 e. The summed E-state index contributed by atoms with van der Waals surface area (Å²) < 4.78 is 0. The van der Waals surface area contributed by atoms with E-state index in [9.17, 15) is 9.59 Å². The molecule has 60 valence electrons. The van der Waals surface area contributed by atoms with Crippen molar-refractivity contribution in [3.05, 3.63) is 0 Å². The van der Waals surface area contributed by atoms with Gasteiger partial charge in [0, 0.05) is 0 Å². The summed E-state index contributed by atoms with van der Waals surface area (Å²) in [5.74, 6) is -2.50. The van der Waals surface area contributed by atoms with Crippen LogP contribution in [0.4, 0.5) is 0 Å². The van der Waals surface area contributed by atoms with Gasteiger partial charge in [0.05, 0.1) is 6.42 Å². The third kappa shape index (κ3) is 5.52. The van der Waals surface area contributed by atoms with Crippen LogP contribution in [0.15, 0.2) is 0 Å². The monoisotopic (exact) mass is 213 g/mol. The first-order valence-corrected chi connectivity index (χ1v) is 2.24. The van der Waals surface area contributed by atoms with E-state index in [1.807, 2.05) is 0 Å². The highest BCUT2D eigenvalue weighted by Gasteiger charge is 2.14. The van der Waals surface area contributed by atoms with E-state index in [4.69, 9.17) is 15.9 Å². The van der Waals surface area contributed by atoms with E-state index in [0.29, 0.717) is 0 Å². The van der Waals surface area contributed by atoms with Gasteiger partial charge in [0.15, 0.2) is 0 Å². The van der Waals surface area contributed by atoms with Gasteiger partial charge in [-0.15, -0.1) is 17.0 Å². The Labute approximate surface area is 67.6 Å². The van der Waals surface area contributed by atoms with Crippen LogP contribution in [0, 0.1) is 0 Å². The van der Waals surface area contributed by atoms with Gasteiger partial charge in [0.2, 0.25) is 0 Å². The molecule has 0 fully saturated rings. The molecular weight excluding hydrogens is 206 g/mol. The molecular formula is C4H8BrNO4. The van der Waals surface area contributed by atoms with Crippen LogP contribution < -0.4 is 5.73 Å². The van der Waals surface area contributed by atoms with E-state index in [0.717, 1.165) is 0 Å². The number of rotatable bonds is 3. The molecule has 0 saturated carbocycles. The van der Waals surface area contributed by atoms with E-state index < -0.39 is 24.4 Å². The molecule has 0 heterocycles. The number of carboxylic acid groups (broad SMARTS) is 2. The predicted molar refractivity (Wildman–Crippen MR) is 38.2 cm³/mol. The maximum Gasteiger partial charge on any atom is 0.321 e. The van der Waals surface area contributed by atoms with Gasteiger partial charge in [-0.25, -0.2) is 0 Å². The SMILES string of the molecule is Br.NC(CC(=O)O)C(=O)O. The summed E-state index contributed by atoms with van der Waals surface area (Å²) in [5, 5.41) is 16.0. The van der Waals surface area contributed by atoms with Crippen molar-refractivity contribution in [2.24, 2.45) is 5.73 Å². The number of nitrogens with two attached hydrogens (primary N) is 1. The number of hydrogen-bond donors (Lipinski definition) is 3. The largest absolute Gasteiger partial charge is 0.481 e. The molecule has 0 aliphatic carbocycles. The Kier molecular flexibility index (Phi) is 6.27. The first kappa shape index (κ1) is 12.1. The van der Waals surface area contributed by atoms with Crippen LogP contribution in [0.5, 0.6) is 0 Å². The van der Waals surface area contributed by atoms with Gasteiger partial charge >= 0.3 is 11.9 Å². The van der Waals surface area contributed by atoms with Crippen LogP contribution in [0.2, 0.25) is 0 Å². The highest BCUT2D eigenvalue weighted by Crippen LogP contribution is 1.86. The van der Waals surface area contributed by atoms with Gasteiger partial charge in [0.25, 0.3) is 0 Å². The van der Waals surface area contributed by atoms with E-state index in [-0.39, 0.29) is 17.0 Å². The molecule has 5 nitrogen and oxygen atoms in total. The summed E-state index contributed by atoms with van der Waals surface area (Å²) in [5.41, 5.74) is 4.84. The van der Waals surface area contributed by atoms with Crippen molar-refractivity contribution in [1.82, 2.24) is 0 Å². The molecule has 10 heavy (non-hydrogen) atoms. The Morgan fingerprint density at radius 3 is 1.90 bits per heavy atom. The number of carbonyl (C=O) groups is 2. The molecule has 0 bridgehead atoms. The fraction of sp³-hybridized carbons (Fsp3) is 0.500. The van der Waals surface area contributed by atoms with E-state index in [1.54, 1.807) is 0 Å². The van der Waals surface area contributed by atoms with Crippen LogP contribution in [-0.4, -0.2) is 28.2 Å². The molecule has 0 radical (unpaired) electrons. The molecule has 0 aliphatic heterocycles. The Balaban J connectivity index is 0. The fourth-order valence-electron chi connectivity index (χ4n) is 0.275. The van der Waals surface area contributed by atoms with Gasteiger partial charge in [-0.3, -0.25) is 9.59 Å². The van der Waals surface area contributed by atoms with Crippen molar-refractivity contribution in [1.29, 1.82) is 0 Å². The van der Waals surface area contributed by atoms with Crippen molar-refractivity contribution in [3.63, 3.8) is 0 Å². The lowest BCUT2D eigenvalue weighted by Gasteiger charge is -1.99. The Morgan fingerprint density at radius 2 is 1.80 bits per heavy atom. The van der Waals surface area contributed by atoms with Crippen molar-refractivity contribution >= 4 is 28.9 Å². The summed E-state index contributed by atoms with van der Waals surface area (Å²) >= 11 is 0. The van der Waals surface area contributed by atoms with Crippen molar-refractivity contribution in [2.75, 3.05) is 0 Å². The standard InChI is InChI=1S/C4H7NO4.BrH/c5-2(4(8)9)1-3(6)7;/h2H,1,5H2,(H,6,7)(H,8,9);1H. The third-order valence-electron chi connectivity index (χ3n) is 0.712. The molecule has 0 aromatic rings. The van der Waals surface area contributed by atoms with Gasteiger partial charge in [-0.2, -0.15) is 0 Å². The fourth-order valence-corrected chi connectivity index (χ4v) is 0.275. The maximum atomic E-state index is 9.85. The number of halogens is 1. The minimum atomic E-state index is -1.29. The van der Waals surface area contributed by atoms with Crippen LogP contribution >= 0.6 is 17.0 Å². The molecule has 1 unspecified atom stereocenters. The zero-order chi connectivity index (χ0) is 7.44. The van der Waals surface area contributed by atoms with E-state index in [2.05, 4.69) is 0 Å². The zero-order valence-corrected chi connectivity index (χ0v) is 6.69. The average Bonchev–Trinajstić information content (AvgIpc) is 1.63. The van der Waals surface area contributed by atoms with Crippen LogP contribution in [0.3, 0.4) is 0 Å². The Hall–Kier alpha value is -0.620. The first-order chi connectivity index (χ1) is 4.04. The molecule has 0 saturated heterocycles. The van der Waals surface area contributed by atoms with Gasteiger partial charge in [0.1, 0.15) is 6.04 Å². The second-order valence-electron chi connectivity index (χ2n) is 1.54. The third-order valence-corrected chi connectivity index (χ3v) is 0.712. The molecule has 0 amide bonds. The van der Waals surface area contributed by atoms with Gasteiger partial charge < -0.3 is 15.9 Å². The summed E-state index contributed by atoms with van der Waals surface area (Å²) in [4.78, 5) is 19.6. The van der Waals surface area contributed by atoms with Crippen molar-refractivity contribution in [2.45, 2.75) is 12.5 Å². The van der Waals surface area contributed by atoms with Crippen molar-refractivity contribution < 1.29 is 19.8 Å². The lowest BCUT2D eigenvalue weighted by Crippen LogP contribution is -2.32. The van der Waals surface area contributed by atoms with Crippen LogP contribution in [0.1, 0.15) is 6.42 Å². The summed E-state index contributed by atoms with van der Waals surface area (Å²) in [6.07, 6.45) is -0.532. The normalized spacial score (nSPS) is 11.3. The molecule has 0 aromatic carbocycles. The summed E-state index contributed by atoms with van der Waals surface area (Å²) in [6.45, 7) is 0. The maximum absolute atomic E-state index is 9.85. The smallest absolute Gasteiger partial charge is 0.321 e. The van der Waals surface area contributed by atoms with Crippen LogP contribution in [0.25, 0.3) is 0 Å². The van der Waals surface area contributed by atoms with Crippen LogP contribution in [-0.2, 0) is 9.59 Å². The van der Waals surface area contributed by atoms with Gasteiger partial charge in [-0.05, 0) is 0 Å². The quantitative estimate of drug-likeness (QED) is 0.585. The number of aliphatic carboxylic acids is 2. The summed E-state index contributed by atoms with van der Waals surface area (Å²) in [7, 11) is 0. The summed E-state index contributed by atoms with van der Waals surface area (Å²) in [6, 6.07) is -1.29. The van der Waals surface area contributed by atoms with E-state index in [1.165, 1.54) is 0 Å². The Bertz CT molecular complexity index is 137. The number of carboxylic acids is 2. The predicted octanol–water partition coefficient (Wildman–Crippen LogP) is -0.549. The molecule has 0 spiro atoms. The average molecular weight is 214 g/mol. The molecule has 0 aromatic heterocycles. The Morgan fingerprint density at radius 1 is 1.40 bits per heavy atom. The van der Waals surface area contributed by atoms with E-state index >= 15 is 0 Å². The zero-order valence-electron chi connectivity index (χ0n) is 4.98. The van der Waals surface area contributed by atoms with Gasteiger partial charge in [-0.1, -0.05) is 0 Å². The second-order valence-corrected chi connectivity index (χ2v) is 1.54. The second kappa shape index (κ2) is 5.19. The lowest BCUT2D eigenvalue weighted by molar-refractivity contribution is -0.144. The number of hydrogen-bond acceptors (Lipinski definition) is 3. The highest BCUT2D eigenvalue weighted by atomic mass is 79.9. The molecule has 1 atom stereocenters. The first-order valence-electron chi connectivity index (χ1n) is 2.24. The topological polar surface area (TPSA) is 101 Å². The highest BCUT2D eigenvalue weighted by molar-refractivity contribution is 8.93. The lowest BCUT2D eigenvalue weighted by atomic mass is 10.2. The molecule has 0 aliphatic rings.